The van der Waals surface area contributed by atoms with Crippen LogP contribution in [0.15, 0.2) is 67.0 Å². The number of hydrogen-bond acceptors (Lipinski definition) is 6. The Hall–Kier alpha value is -2.83. The van der Waals surface area contributed by atoms with Crippen molar-refractivity contribution in [3.8, 4) is 0 Å². The Bertz CT molecular complexity index is 828. The Morgan fingerprint density at radius 1 is 1.00 bits per heavy atom. The fourth-order valence-corrected chi connectivity index (χ4v) is 3.04. The molecule has 0 aliphatic carbocycles. The summed E-state index contributed by atoms with van der Waals surface area (Å²) in [5, 5.41) is 3.33. The topological polar surface area (TPSA) is 63.2 Å². The number of anilines is 2. The molecule has 0 radical (unpaired) electrons. The number of ether oxygens (including phenoxy) is 1. The lowest BCUT2D eigenvalue weighted by Gasteiger charge is -2.34. The third kappa shape index (κ3) is 4.04. The van der Waals surface area contributed by atoms with E-state index >= 15 is 0 Å². The van der Waals surface area contributed by atoms with E-state index in [-0.39, 0.29) is 6.04 Å². The molecule has 1 N–H and O–H groups in total. The first-order valence-corrected chi connectivity index (χ1v) is 8.75. The highest BCUT2D eigenvalue weighted by Crippen LogP contribution is 2.24. The molecule has 1 aromatic carbocycles. The van der Waals surface area contributed by atoms with E-state index in [1.54, 1.807) is 6.20 Å². The zero-order chi connectivity index (χ0) is 17.6. The van der Waals surface area contributed by atoms with Gasteiger partial charge in [0.15, 0.2) is 0 Å². The summed E-state index contributed by atoms with van der Waals surface area (Å²) < 4.78 is 5.70. The lowest BCUT2D eigenvalue weighted by molar-refractivity contribution is -0.0164. The van der Waals surface area contributed by atoms with E-state index in [1.807, 2.05) is 60.8 Å². The van der Waals surface area contributed by atoms with Crippen LogP contribution in [0.2, 0.25) is 0 Å². The highest BCUT2D eigenvalue weighted by atomic mass is 16.5. The Balaban J connectivity index is 1.53. The van der Waals surface area contributed by atoms with Gasteiger partial charge in [0, 0.05) is 31.2 Å². The number of rotatable bonds is 5. The average Bonchev–Trinajstić information content (AvgIpc) is 2.70. The van der Waals surface area contributed by atoms with Crippen LogP contribution in [0.1, 0.15) is 17.6 Å². The van der Waals surface area contributed by atoms with Gasteiger partial charge in [0.2, 0.25) is 0 Å². The van der Waals surface area contributed by atoms with Crippen LogP contribution in [0.5, 0.6) is 0 Å². The Morgan fingerprint density at radius 3 is 2.73 bits per heavy atom. The van der Waals surface area contributed by atoms with E-state index in [0.29, 0.717) is 13.2 Å². The van der Waals surface area contributed by atoms with Crippen molar-refractivity contribution in [1.29, 1.82) is 0 Å². The maximum absolute atomic E-state index is 5.70. The Morgan fingerprint density at radius 2 is 1.88 bits per heavy atom. The van der Waals surface area contributed by atoms with Crippen LogP contribution < -0.4 is 5.32 Å². The van der Waals surface area contributed by atoms with Crippen LogP contribution in [-0.2, 0) is 11.3 Å². The molecule has 3 aromatic rings. The molecule has 132 valence electrons. The minimum Gasteiger partial charge on any atom is -0.378 e. The van der Waals surface area contributed by atoms with Crippen molar-refractivity contribution in [2.45, 2.75) is 12.6 Å². The van der Waals surface area contributed by atoms with Gasteiger partial charge < -0.3 is 10.1 Å². The minimum atomic E-state index is 0.0169. The summed E-state index contributed by atoms with van der Waals surface area (Å²) in [5.74, 6) is 1.55. The first-order chi connectivity index (χ1) is 12.9. The van der Waals surface area contributed by atoms with E-state index < -0.39 is 0 Å². The molecule has 6 heteroatoms. The van der Waals surface area contributed by atoms with Crippen molar-refractivity contribution in [3.63, 3.8) is 0 Å². The van der Waals surface area contributed by atoms with Crippen molar-refractivity contribution < 1.29 is 4.74 Å². The fourth-order valence-electron chi connectivity index (χ4n) is 3.04. The summed E-state index contributed by atoms with van der Waals surface area (Å²) in [4.78, 5) is 16.0. The molecule has 1 saturated heterocycles. The molecule has 1 fully saturated rings. The van der Waals surface area contributed by atoms with Crippen molar-refractivity contribution in [1.82, 2.24) is 19.9 Å². The van der Waals surface area contributed by atoms with E-state index in [9.17, 15) is 0 Å². The van der Waals surface area contributed by atoms with Crippen molar-refractivity contribution in [2.24, 2.45) is 0 Å². The normalized spacial score (nSPS) is 17.8. The standard InChI is InChI=1S/C20H21N5O/c1-2-6-16(7-3-1)23-19-9-11-22-20(24-19)18-15-26-13-12-25(18)14-17-8-4-5-10-21-17/h1-11,18H,12-15H2,(H,22,23,24)/t18-/m1/s1. The smallest absolute Gasteiger partial charge is 0.150 e. The van der Waals surface area contributed by atoms with Gasteiger partial charge in [-0.3, -0.25) is 9.88 Å². The number of hydrogen-bond donors (Lipinski definition) is 1. The van der Waals surface area contributed by atoms with E-state index in [2.05, 4.69) is 20.2 Å². The van der Waals surface area contributed by atoms with Crippen molar-refractivity contribution in [2.75, 3.05) is 25.1 Å². The highest BCUT2D eigenvalue weighted by molar-refractivity contribution is 5.55. The van der Waals surface area contributed by atoms with Crippen molar-refractivity contribution >= 4 is 11.5 Å². The molecule has 0 spiro atoms. The molecule has 0 saturated carbocycles. The molecular formula is C20H21N5O. The molecule has 1 aliphatic rings. The molecule has 3 heterocycles. The van der Waals surface area contributed by atoms with Crippen LogP contribution in [0.25, 0.3) is 0 Å². The number of morpholine rings is 1. The van der Waals surface area contributed by atoms with Crippen LogP contribution in [-0.4, -0.2) is 39.6 Å². The second-order valence-corrected chi connectivity index (χ2v) is 6.17. The van der Waals surface area contributed by atoms with Gasteiger partial charge in [-0.15, -0.1) is 0 Å². The van der Waals surface area contributed by atoms with E-state index in [1.165, 1.54) is 0 Å². The van der Waals surface area contributed by atoms with Crippen LogP contribution in [0.3, 0.4) is 0 Å². The molecular weight excluding hydrogens is 326 g/mol. The van der Waals surface area contributed by atoms with Gasteiger partial charge in [-0.2, -0.15) is 0 Å². The summed E-state index contributed by atoms with van der Waals surface area (Å²) in [6, 6.07) is 17.9. The van der Waals surface area contributed by atoms with Gasteiger partial charge in [0.05, 0.1) is 24.9 Å². The lowest BCUT2D eigenvalue weighted by atomic mass is 10.2. The van der Waals surface area contributed by atoms with E-state index in [4.69, 9.17) is 9.72 Å². The third-order valence-electron chi connectivity index (χ3n) is 4.35. The molecule has 26 heavy (non-hydrogen) atoms. The number of aromatic nitrogens is 3. The molecule has 0 unspecified atom stereocenters. The molecule has 0 amide bonds. The monoisotopic (exact) mass is 347 g/mol. The number of benzene rings is 1. The second-order valence-electron chi connectivity index (χ2n) is 6.17. The predicted octanol–water partition coefficient (Wildman–Crippen LogP) is 3.19. The molecule has 0 bridgehead atoms. The Labute approximate surface area is 152 Å². The van der Waals surface area contributed by atoms with Crippen LogP contribution >= 0.6 is 0 Å². The predicted molar refractivity (Wildman–Crippen MR) is 100.0 cm³/mol. The van der Waals surface area contributed by atoms with Gasteiger partial charge in [0.1, 0.15) is 11.6 Å². The average molecular weight is 347 g/mol. The number of nitrogens with zero attached hydrogens (tertiary/aromatic N) is 4. The maximum Gasteiger partial charge on any atom is 0.150 e. The molecule has 6 nitrogen and oxygen atoms in total. The molecule has 4 rings (SSSR count). The van der Waals surface area contributed by atoms with E-state index in [0.717, 1.165) is 36.1 Å². The first-order valence-electron chi connectivity index (χ1n) is 8.75. The number of pyridine rings is 1. The van der Waals surface area contributed by atoms with Gasteiger partial charge in [0.25, 0.3) is 0 Å². The summed E-state index contributed by atoms with van der Waals surface area (Å²) in [7, 11) is 0. The zero-order valence-corrected chi connectivity index (χ0v) is 14.5. The van der Waals surface area contributed by atoms with Crippen molar-refractivity contribution in [3.05, 3.63) is 78.5 Å². The first kappa shape index (κ1) is 16.6. The molecule has 2 aromatic heterocycles. The second kappa shape index (κ2) is 8.03. The van der Waals surface area contributed by atoms with Gasteiger partial charge >= 0.3 is 0 Å². The molecule has 1 atom stereocenters. The quantitative estimate of drug-likeness (QED) is 0.765. The highest BCUT2D eigenvalue weighted by Gasteiger charge is 2.27. The van der Waals surface area contributed by atoms with Crippen LogP contribution in [0, 0.1) is 0 Å². The number of para-hydroxylation sites is 1. The SMILES string of the molecule is c1ccc(Nc2ccnc([C@H]3COCCN3Cc3ccccn3)n2)cc1. The Kier molecular flexibility index (Phi) is 5.14. The van der Waals surface area contributed by atoms with Gasteiger partial charge in [-0.05, 0) is 30.3 Å². The summed E-state index contributed by atoms with van der Waals surface area (Å²) >= 11 is 0. The zero-order valence-electron chi connectivity index (χ0n) is 14.5. The molecule has 1 aliphatic heterocycles. The lowest BCUT2D eigenvalue weighted by Crippen LogP contribution is -2.40. The third-order valence-corrected chi connectivity index (χ3v) is 4.35. The fraction of sp³-hybridized carbons (Fsp3) is 0.250. The maximum atomic E-state index is 5.70. The largest absolute Gasteiger partial charge is 0.378 e. The summed E-state index contributed by atoms with van der Waals surface area (Å²) in [6.45, 7) is 2.89. The summed E-state index contributed by atoms with van der Waals surface area (Å²) in [6.07, 6.45) is 3.62. The minimum absolute atomic E-state index is 0.0169. The van der Waals surface area contributed by atoms with Gasteiger partial charge in [-0.25, -0.2) is 9.97 Å². The number of nitrogens with one attached hydrogen (secondary N) is 1. The van der Waals surface area contributed by atoms with Crippen LogP contribution in [0.4, 0.5) is 11.5 Å². The summed E-state index contributed by atoms with van der Waals surface area (Å²) in [5.41, 5.74) is 2.04. The van der Waals surface area contributed by atoms with Gasteiger partial charge in [-0.1, -0.05) is 24.3 Å².